The van der Waals surface area contributed by atoms with Crippen molar-refractivity contribution in [3.05, 3.63) is 21.9 Å². The van der Waals surface area contributed by atoms with E-state index in [1.807, 2.05) is 0 Å². The number of carbonyl (C=O) groups excluding carboxylic acids is 2. The molecule has 0 unspecified atom stereocenters. The van der Waals surface area contributed by atoms with Gasteiger partial charge in [0.05, 0.1) is 0 Å². The number of carbonyl (C=O) groups is 2. The fourth-order valence-corrected chi connectivity index (χ4v) is 3.20. The summed E-state index contributed by atoms with van der Waals surface area (Å²) < 4.78 is 0. The van der Waals surface area contributed by atoms with Gasteiger partial charge in [0, 0.05) is 25.7 Å². The van der Waals surface area contributed by atoms with Crippen molar-refractivity contribution >= 4 is 23.2 Å². The first-order valence-electron chi connectivity index (χ1n) is 6.64. The molecule has 0 atom stereocenters. The van der Waals surface area contributed by atoms with Crippen LogP contribution in [0.4, 0.5) is 0 Å². The van der Waals surface area contributed by atoms with Crippen LogP contribution in [0.2, 0.25) is 0 Å². The normalized spacial score (nSPS) is 17.4. The highest BCUT2D eigenvalue weighted by Crippen LogP contribution is 2.27. The Morgan fingerprint density at radius 1 is 1.48 bits per heavy atom. The number of hydrogen-bond donors (Lipinski definition) is 1. The predicted octanol–water partition coefficient (Wildman–Crippen LogP) is 0.785. The summed E-state index contributed by atoms with van der Waals surface area (Å²) in [4.78, 5) is 28.8. The summed E-state index contributed by atoms with van der Waals surface area (Å²) >= 11 is 1.30. The van der Waals surface area contributed by atoms with E-state index in [9.17, 15) is 9.59 Å². The van der Waals surface area contributed by atoms with Crippen LogP contribution in [0.15, 0.2) is 11.4 Å². The molecule has 0 saturated carbocycles. The molecule has 1 aliphatic rings. The number of aliphatic hydroxyl groups is 1. The lowest BCUT2D eigenvalue weighted by atomic mass is 9.97. The van der Waals surface area contributed by atoms with Crippen LogP contribution < -0.4 is 0 Å². The average Bonchev–Trinajstić information content (AvgIpc) is 2.90. The lowest BCUT2D eigenvalue weighted by Gasteiger charge is -2.44. The van der Waals surface area contributed by atoms with Crippen LogP contribution in [0.1, 0.15) is 29.1 Å². The first-order valence-corrected chi connectivity index (χ1v) is 7.52. The Morgan fingerprint density at radius 3 is 2.86 bits per heavy atom. The van der Waals surface area contributed by atoms with Crippen LogP contribution >= 0.6 is 11.3 Å². The van der Waals surface area contributed by atoms with E-state index in [-0.39, 0.29) is 18.4 Å². The number of aliphatic hydroxyl groups excluding tert-OH is 1. The quantitative estimate of drug-likeness (QED) is 0.780. The minimum atomic E-state index is -0.865. The molecule has 1 N–H and O–H groups in total. The number of thiophene rings is 1. The van der Waals surface area contributed by atoms with Crippen LogP contribution in [0.3, 0.4) is 0 Å². The minimum absolute atomic E-state index is 0.0679. The molecule has 0 radical (unpaired) electrons. The van der Waals surface area contributed by atoms with Crippen molar-refractivity contribution in [2.75, 3.05) is 26.7 Å². The van der Waals surface area contributed by atoms with Gasteiger partial charge in [0.1, 0.15) is 17.0 Å². The van der Waals surface area contributed by atoms with Crippen molar-refractivity contribution in [2.24, 2.45) is 0 Å². The van der Waals surface area contributed by atoms with Crippen LogP contribution in [0, 0.1) is 11.8 Å². The summed E-state index contributed by atoms with van der Waals surface area (Å²) in [5, 5.41) is 10.6. The fourth-order valence-electron chi connectivity index (χ4n) is 2.40. The number of piperazine rings is 1. The first-order chi connectivity index (χ1) is 9.89. The van der Waals surface area contributed by atoms with Gasteiger partial charge in [0.15, 0.2) is 0 Å². The third-order valence-electron chi connectivity index (χ3n) is 3.61. The summed E-state index contributed by atoms with van der Waals surface area (Å²) in [5.41, 5.74) is -0.267. The fraction of sp³-hybridized carbons (Fsp3) is 0.467. The van der Waals surface area contributed by atoms with E-state index in [0.717, 1.165) is 0 Å². The molecule has 0 spiro atoms. The Balaban J connectivity index is 2.32. The number of likely N-dealkylation sites (N-methyl/N-ethyl adjacent to an activating group) is 1. The molecule has 21 heavy (non-hydrogen) atoms. The van der Waals surface area contributed by atoms with Crippen molar-refractivity contribution in [3.8, 4) is 11.8 Å². The number of hydrogen-bond acceptors (Lipinski definition) is 4. The molecule has 112 valence electrons. The molecular formula is C15H18N2O3S. The van der Waals surface area contributed by atoms with E-state index in [4.69, 9.17) is 5.11 Å². The van der Waals surface area contributed by atoms with Crippen molar-refractivity contribution in [1.29, 1.82) is 0 Å². The highest BCUT2D eigenvalue weighted by Gasteiger charge is 2.43. The topological polar surface area (TPSA) is 60.9 Å². The van der Waals surface area contributed by atoms with Crippen molar-refractivity contribution in [2.45, 2.75) is 19.4 Å². The van der Waals surface area contributed by atoms with Gasteiger partial charge in [-0.1, -0.05) is 11.8 Å². The molecule has 0 bridgehead atoms. The zero-order valence-corrected chi connectivity index (χ0v) is 13.2. The second-order valence-corrected chi connectivity index (χ2v) is 6.28. The predicted molar refractivity (Wildman–Crippen MR) is 81.0 cm³/mol. The van der Waals surface area contributed by atoms with E-state index in [0.29, 0.717) is 23.5 Å². The summed E-state index contributed by atoms with van der Waals surface area (Å²) in [5.74, 6) is 5.08. The zero-order valence-electron chi connectivity index (χ0n) is 12.3. The van der Waals surface area contributed by atoms with E-state index in [1.54, 1.807) is 42.1 Å². The van der Waals surface area contributed by atoms with Gasteiger partial charge in [-0.15, -0.1) is 11.3 Å². The standard InChI is InChI=1S/C15H18N2O3S/c1-15(2)14(20)16(3)7-8-17(15)13(19)12-11(5-4-9-18)6-10-21-12/h6,10,18H,7-9H2,1-3H3. The van der Waals surface area contributed by atoms with E-state index in [2.05, 4.69) is 11.8 Å². The molecule has 1 aliphatic heterocycles. The smallest absolute Gasteiger partial charge is 0.266 e. The second kappa shape index (κ2) is 5.88. The van der Waals surface area contributed by atoms with Gasteiger partial charge in [-0.05, 0) is 25.3 Å². The van der Waals surface area contributed by atoms with Crippen LogP contribution in [0.5, 0.6) is 0 Å². The Bertz CT molecular complexity index is 624. The Kier molecular flexibility index (Phi) is 4.35. The van der Waals surface area contributed by atoms with Gasteiger partial charge in [-0.2, -0.15) is 0 Å². The summed E-state index contributed by atoms with van der Waals surface area (Å²) in [6.07, 6.45) is 0. The molecule has 0 aromatic carbocycles. The molecule has 2 heterocycles. The monoisotopic (exact) mass is 306 g/mol. The van der Waals surface area contributed by atoms with Crippen LogP contribution in [-0.2, 0) is 4.79 Å². The van der Waals surface area contributed by atoms with Crippen molar-refractivity contribution < 1.29 is 14.7 Å². The number of amides is 2. The molecular weight excluding hydrogens is 288 g/mol. The molecule has 0 aliphatic carbocycles. The summed E-state index contributed by atoms with van der Waals surface area (Å²) in [7, 11) is 1.75. The Labute approximate surface area is 128 Å². The maximum Gasteiger partial charge on any atom is 0.266 e. The second-order valence-electron chi connectivity index (χ2n) is 5.37. The van der Waals surface area contributed by atoms with Crippen LogP contribution in [-0.4, -0.2) is 59.0 Å². The molecule has 1 saturated heterocycles. The van der Waals surface area contributed by atoms with E-state index >= 15 is 0 Å². The summed E-state index contributed by atoms with van der Waals surface area (Å²) in [6, 6.07) is 1.76. The average molecular weight is 306 g/mol. The molecule has 1 aromatic heterocycles. The van der Waals surface area contributed by atoms with Crippen molar-refractivity contribution in [3.63, 3.8) is 0 Å². The summed E-state index contributed by atoms with van der Waals surface area (Å²) in [6.45, 7) is 4.29. The molecule has 2 rings (SSSR count). The molecule has 6 heteroatoms. The van der Waals surface area contributed by atoms with E-state index in [1.165, 1.54) is 11.3 Å². The molecule has 1 fully saturated rings. The number of nitrogens with zero attached hydrogens (tertiary/aromatic N) is 2. The third-order valence-corrected chi connectivity index (χ3v) is 4.51. The lowest BCUT2D eigenvalue weighted by molar-refractivity contribution is -0.144. The van der Waals surface area contributed by atoms with Gasteiger partial charge < -0.3 is 14.9 Å². The van der Waals surface area contributed by atoms with Crippen molar-refractivity contribution in [1.82, 2.24) is 9.80 Å². The highest BCUT2D eigenvalue weighted by atomic mass is 32.1. The maximum atomic E-state index is 12.7. The zero-order chi connectivity index (χ0) is 15.6. The third kappa shape index (κ3) is 2.80. The largest absolute Gasteiger partial charge is 0.384 e. The van der Waals surface area contributed by atoms with Gasteiger partial charge in [-0.25, -0.2) is 0 Å². The van der Waals surface area contributed by atoms with Gasteiger partial charge in [0.25, 0.3) is 5.91 Å². The van der Waals surface area contributed by atoms with E-state index < -0.39 is 5.54 Å². The molecule has 2 amide bonds. The SMILES string of the molecule is CN1CCN(C(=O)c2sccc2C#CCO)C(C)(C)C1=O. The Morgan fingerprint density at radius 2 is 2.19 bits per heavy atom. The van der Waals surface area contributed by atoms with Gasteiger partial charge in [-0.3, -0.25) is 9.59 Å². The van der Waals surface area contributed by atoms with Gasteiger partial charge >= 0.3 is 0 Å². The van der Waals surface area contributed by atoms with Gasteiger partial charge in [0.2, 0.25) is 5.91 Å². The Hall–Kier alpha value is -1.84. The number of rotatable bonds is 1. The maximum absolute atomic E-state index is 12.7. The first kappa shape index (κ1) is 15.5. The van der Waals surface area contributed by atoms with Crippen LogP contribution in [0.25, 0.3) is 0 Å². The molecule has 5 nitrogen and oxygen atoms in total. The highest BCUT2D eigenvalue weighted by molar-refractivity contribution is 7.12. The molecule has 1 aromatic rings. The minimum Gasteiger partial charge on any atom is -0.384 e. The lowest BCUT2D eigenvalue weighted by Crippen LogP contribution is -2.63.